The quantitative estimate of drug-likeness (QED) is 0.187. The highest BCUT2D eigenvalue weighted by atomic mass is 16.5. The first kappa shape index (κ1) is 47.3. The molecule has 12 unspecified atom stereocenters. The smallest absolute Gasteiger partial charge is 0.156 e. The number of amidine groups is 2. The summed E-state index contributed by atoms with van der Waals surface area (Å²) in [7, 11) is 0. The van der Waals surface area contributed by atoms with Crippen LogP contribution in [0.2, 0.25) is 0 Å². The summed E-state index contributed by atoms with van der Waals surface area (Å²) in [6.45, 7) is 4.92. The largest absolute Gasteiger partial charge is 0.490 e. The van der Waals surface area contributed by atoms with Gasteiger partial charge in [-0.2, -0.15) is 0 Å². The molecule has 0 radical (unpaired) electrons. The average molecular weight is 1030 g/mol. The summed E-state index contributed by atoms with van der Waals surface area (Å²) in [5.74, 6) is 5.41. The third-order valence-electron chi connectivity index (χ3n) is 21.0. The summed E-state index contributed by atoms with van der Waals surface area (Å²) in [5, 5.41) is 6.28. The van der Waals surface area contributed by atoms with Gasteiger partial charge in [0.1, 0.15) is 28.9 Å². The number of furan rings is 1. The van der Waals surface area contributed by atoms with Crippen molar-refractivity contribution in [3.63, 3.8) is 0 Å². The summed E-state index contributed by atoms with van der Waals surface area (Å²) in [6.07, 6.45) is 50.0. The van der Waals surface area contributed by atoms with E-state index in [9.17, 15) is 0 Å². The molecule has 0 bridgehead atoms. The number of hydrogen-bond acceptors (Lipinski definition) is 8. The third kappa shape index (κ3) is 7.39. The van der Waals surface area contributed by atoms with Crippen molar-refractivity contribution in [3.05, 3.63) is 173 Å². The van der Waals surface area contributed by atoms with Crippen LogP contribution in [0.25, 0.3) is 27.5 Å². The molecule has 4 aromatic rings. The Morgan fingerprint density at radius 2 is 1.67 bits per heavy atom. The van der Waals surface area contributed by atoms with E-state index in [0.717, 1.165) is 105 Å². The van der Waals surface area contributed by atoms with E-state index in [1.54, 1.807) is 11.3 Å². The Kier molecular flexibility index (Phi) is 11.2. The van der Waals surface area contributed by atoms with Gasteiger partial charge in [0.05, 0.1) is 23.5 Å². The van der Waals surface area contributed by atoms with Gasteiger partial charge in [0.15, 0.2) is 5.66 Å². The SMILES string of the molecule is CC1(C2CC(C3=CC4OC5=C(C6C7CCCC=C7N(C7=CC=CCC7)C6CC5)C4(C)CC3)C=NC2c2ccc3c(c2)oc2ccc4c(c23)C2=CC=CCC2N4c2ccccc2)N=C(C2C=CCCC2)NC(C2CC=CCC2)=N1. The van der Waals surface area contributed by atoms with Crippen molar-refractivity contribution in [2.45, 2.75) is 153 Å². The molecule has 78 heavy (non-hydrogen) atoms. The number of rotatable bonds is 7. The van der Waals surface area contributed by atoms with Gasteiger partial charge in [0, 0.05) is 93.0 Å². The maximum atomic E-state index is 7.34. The van der Waals surface area contributed by atoms with Gasteiger partial charge in [-0.05, 0) is 169 Å². The number of para-hydroxylation sites is 1. The molecule has 5 aliphatic heterocycles. The van der Waals surface area contributed by atoms with Gasteiger partial charge in [-0.15, -0.1) is 0 Å². The topological polar surface area (TPSA) is 78.0 Å². The van der Waals surface area contributed by atoms with E-state index in [-0.39, 0.29) is 41.4 Å². The number of ether oxygens (including phenoxy) is 1. The van der Waals surface area contributed by atoms with E-state index in [0.29, 0.717) is 23.8 Å². The van der Waals surface area contributed by atoms with Crippen LogP contribution in [0.1, 0.15) is 140 Å². The number of hydrogen-bond donors (Lipinski definition) is 1. The molecular weight excluding hydrogens is 957 g/mol. The normalized spacial score (nSPS) is 35.4. The Morgan fingerprint density at radius 1 is 0.756 bits per heavy atom. The van der Waals surface area contributed by atoms with Gasteiger partial charge in [-0.1, -0.05) is 104 Å². The number of benzene rings is 3. The van der Waals surface area contributed by atoms with Gasteiger partial charge in [-0.25, -0.2) is 9.98 Å². The molecule has 12 aliphatic rings. The van der Waals surface area contributed by atoms with Crippen molar-refractivity contribution < 1.29 is 9.15 Å². The van der Waals surface area contributed by atoms with E-state index in [1.807, 2.05) is 0 Å². The molecule has 0 saturated carbocycles. The summed E-state index contributed by atoms with van der Waals surface area (Å²) < 4.78 is 14.3. The van der Waals surface area contributed by atoms with E-state index in [1.165, 1.54) is 82.6 Å². The molecule has 16 rings (SSSR count). The highest BCUT2D eigenvalue weighted by Crippen LogP contribution is 2.64. The lowest BCUT2D eigenvalue weighted by atomic mass is 9.60. The predicted molar refractivity (Wildman–Crippen MR) is 318 cm³/mol. The lowest BCUT2D eigenvalue weighted by molar-refractivity contribution is 0.0882. The maximum Gasteiger partial charge on any atom is 0.156 e. The second-order valence-corrected chi connectivity index (χ2v) is 25.4. The number of aliphatic imine (C=N–C) groups is 3. The zero-order chi connectivity index (χ0) is 51.7. The molecule has 1 saturated heterocycles. The molecule has 396 valence electrons. The Balaban J connectivity index is 0.779. The Labute approximate surface area is 460 Å². The molecule has 8 nitrogen and oxygen atoms in total. The number of anilines is 2. The zero-order valence-corrected chi connectivity index (χ0v) is 45.6. The molecule has 1 aromatic heterocycles. The molecule has 6 heterocycles. The minimum Gasteiger partial charge on any atom is -0.490 e. The molecule has 1 N–H and O–H groups in total. The maximum absolute atomic E-state index is 7.34. The van der Waals surface area contributed by atoms with Crippen molar-refractivity contribution in [2.75, 3.05) is 4.90 Å². The number of fused-ring (bicyclic) bond motifs is 13. The summed E-state index contributed by atoms with van der Waals surface area (Å²) in [6, 6.07) is 23.0. The molecule has 1 fully saturated rings. The lowest BCUT2D eigenvalue weighted by Crippen LogP contribution is -2.51. The minimum absolute atomic E-state index is 0.00698. The van der Waals surface area contributed by atoms with Crippen LogP contribution in [0.15, 0.2) is 181 Å². The van der Waals surface area contributed by atoms with Gasteiger partial charge >= 0.3 is 0 Å². The van der Waals surface area contributed by atoms with Gasteiger partial charge in [-0.3, -0.25) is 4.99 Å². The number of nitrogens with zero attached hydrogens (tertiary/aromatic N) is 5. The van der Waals surface area contributed by atoms with Crippen LogP contribution < -0.4 is 10.2 Å². The van der Waals surface area contributed by atoms with Gasteiger partial charge in [0.2, 0.25) is 0 Å². The molecule has 12 atom stereocenters. The number of allylic oxidation sites excluding steroid dienone is 13. The average Bonchev–Trinajstić information content (AvgIpc) is 4.07. The second kappa shape index (κ2) is 18.5. The summed E-state index contributed by atoms with van der Waals surface area (Å²) in [5.41, 5.74) is 13.7. The summed E-state index contributed by atoms with van der Waals surface area (Å²) >= 11 is 0. The highest BCUT2D eigenvalue weighted by molar-refractivity contribution is 6.16. The fraction of sp³-hybridized carbons (Fsp3) is 0.443. The highest BCUT2D eigenvalue weighted by Gasteiger charge is 2.60. The van der Waals surface area contributed by atoms with Crippen molar-refractivity contribution in [3.8, 4) is 0 Å². The van der Waals surface area contributed by atoms with Crippen molar-refractivity contribution in [1.29, 1.82) is 0 Å². The Bertz CT molecular complexity index is 3540. The van der Waals surface area contributed by atoms with Gasteiger partial charge < -0.3 is 24.3 Å². The standard InChI is InChI=1S/C70H74N6O2/c1-69-38-37-45(41-61(69)78-59-36-34-57-63(65(59)69)51-28-16-18-30-55(51)76(57)49-25-13-6-14-26-49)47-39-53(70(2)73-67(43-19-7-3-8-20-43)72-68(74-70)44-21-9-4-10-22-44)66(71-42-47)46-31-32-52-60(40-46)77-58-35-33-56-62(64(52)58)50-27-15-17-29-54(50)75(56)48-23-11-5-12-24-48/h3,5-7,9,11-13,15,17,21,23-25,27,30-33,35,40-44,47,51,53-54,57,61,63,66H,4,8,10,14,16,18-20,22,26,28-29,34,36-39H2,1-2H3,(H,72,73,74). The van der Waals surface area contributed by atoms with Crippen LogP contribution >= 0.6 is 0 Å². The summed E-state index contributed by atoms with van der Waals surface area (Å²) in [4.78, 5) is 22.9. The molecule has 8 heteroatoms. The molecule has 7 aliphatic carbocycles. The lowest BCUT2D eigenvalue weighted by Gasteiger charge is -2.45. The molecule has 0 amide bonds. The Hall–Kier alpha value is -6.67. The minimum atomic E-state index is -0.740. The van der Waals surface area contributed by atoms with Crippen LogP contribution in [-0.4, -0.2) is 46.6 Å². The van der Waals surface area contributed by atoms with Gasteiger partial charge in [0.25, 0.3) is 0 Å². The van der Waals surface area contributed by atoms with Crippen molar-refractivity contribution in [2.24, 2.45) is 55.9 Å². The first-order chi connectivity index (χ1) is 38.4. The predicted octanol–water partition coefficient (Wildman–Crippen LogP) is 16.4. The second-order valence-electron chi connectivity index (χ2n) is 25.4. The number of nitrogens with one attached hydrogen (secondary N) is 1. The van der Waals surface area contributed by atoms with E-state index >= 15 is 0 Å². The van der Waals surface area contributed by atoms with Crippen LogP contribution in [0.4, 0.5) is 11.4 Å². The Morgan fingerprint density at radius 3 is 2.54 bits per heavy atom. The van der Waals surface area contributed by atoms with E-state index < -0.39 is 5.66 Å². The fourth-order valence-electron chi connectivity index (χ4n) is 17.3. The van der Waals surface area contributed by atoms with Crippen molar-refractivity contribution in [1.82, 2.24) is 10.2 Å². The van der Waals surface area contributed by atoms with E-state index in [2.05, 4.69) is 169 Å². The van der Waals surface area contributed by atoms with Crippen LogP contribution in [-0.2, 0) is 4.74 Å². The monoisotopic (exact) mass is 1030 g/mol. The first-order valence-electron chi connectivity index (χ1n) is 30.4. The van der Waals surface area contributed by atoms with Crippen LogP contribution in [0.3, 0.4) is 0 Å². The third-order valence-corrected chi connectivity index (χ3v) is 21.0. The molecule has 0 spiro atoms. The fourth-order valence-corrected chi connectivity index (χ4v) is 17.3. The van der Waals surface area contributed by atoms with Crippen LogP contribution in [0, 0.1) is 40.9 Å². The van der Waals surface area contributed by atoms with Crippen LogP contribution in [0.5, 0.6) is 0 Å². The zero-order valence-electron chi connectivity index (χ0n) is 45.6. The van der Waals surface area contributed by atoms with Crippen molar-refractivity contribution >= 4 is 56.8 Å². The molecular formula is C70H74N6O2. The molecule has 3 aromatic carbocycles. The first-order valence-corrected chi connectivity index (χ1v) is 30.4. The number of likely N-dealkylation sites (tertiary alicyclic amines) is 1. The van der Waals surface area contributed by atoms with E-state index in [4.69, 9.17) is 24.1 Å².